The summed E-state index contributed by atoms with van der Waals surface area (Å²) in [5, 5.41) is 26.5. The molecule has 156 valence electrons. The predicted molar refractivity (Wildman–Crippen MR) is 110 cm³/mol. The summed E-state index contributed by atoms with van der Waals surface area (Å²) in [5.41, 5.74) is 1.44. The number of hydrogen-bond donors (Lipinski definition) is 3. The number of carboxylic acid groups (broad SMARTS) is 1. The number of carbonyl (C=O) groups is 1. The molecule has 1 unspecified atom stereocenters. The molecule has 3 N–H and O–H groups in total. The SMILES string of the molecule is CC[C@H](Cn1ccc2cnc(Nc3cnn(C(CCO)C(=O)O)c3)nc21)C(C)C. The maximum atomic E-state index is 11.4. The van der Waals surface area contributed by atoms with Crippen LogP contribution in [0.5, 0.6) is 0 Å². The number of carboxylic acids is 1. The van der Waals surface area contributed by atoms with Crippen LogP contribution in [0, 0.1) is 11.8 Å². The molecule has 3 aromatic heterocycles. The van der Waals surface area contributed by atoms with E-state index in [4.69, 9.17) is 5.11 Å². The Morgan fingerprint density at radius 1 is 1.31 bits per heavy atom. The molecule has 0 radical (unpaired) electrons. The summed E-state index contributed by atoms with van der Waals surface area (Å²) in [4.78, 5) is 20.3. The number of hydrogen-bond acceptors (Lipinski definition) is 6. The Labute approximate surface area is 169 Å². The van der Waals surface area contributed by atoms with Crippen LogP contribution >= 0.6 is 0 Å². The van der Waals surface area contributed by atoms with Crippen molar-refractivity contribution in [1.82, 2.24) is 24.3 Å². The van der Waals surface area contributed by atoms with Crippen molar-refractivity contribution in [2.45, 2.75) is 46.2 Å². The molecule has 0 saturated heterocycles. The fourth-order valence-electron chi connectivity index (χ4n) is 3.44. The fraction of sp³-hybridized carbons (Fsp3) is 0.500. The topological polar surface area (TPSA) is 118 Å². The van der Waals surface area contributed by atoms with Gasteiger partial charge in [-0.05, 0) is 17.9 Å². The molecule has 0 fully saturated rings. The number of aliphatic carboxylic acids is 1. The van der Waals surface area contributed by atoms with Gasteiger partial charge in [0, 0.05) is 43.5 Å². The lowest BCUT2D eigenvalue weighted by Crippen LogP contribution is -2.20. The Hall–Kier alpha value is -2.94. The molecular weight excluding hydrogens is 372 g/mol. The Morgan fingerprint density at radius 3 is 2.76 bits per heavy atom. The maximum Gasteiger partial charge on any atom is 0.328 e. The number of nitrogens with zero attached hydrogens (tertiary/aromatic N) is 5. The molecule has 2 atom stereocenters. The first-order valence-electron chi connectivity index (χ1n) is 9.89. The Balaban J connectivity index is 1.81. The van der Waals surface area contributed by atoms with Gasteiger partial charge in [0.15, 0.2) is 6.04 Å². The van der Waals surface area contributed by atoms with E-state index >= 15 is 0 Å². The summed E-state index contributed by atoms with van der Waals surface area (Å²) in [6, 6.07) is 1.09. The van der Waals surface area contributed by atoms with Crippen molar-refractivity contribution in [2.75, 3.05) is 11.9 Å². The summed E-state index contributed by atoms with van der Waals surface area (Å²) in [7, 11) is 0. The molecule has 29 heavy (non-hydrogen) atoms. The lowest BCUT2D eigenvalue weighted by atomic mass is 9.93. The number of aliphatic hydroxyl groups excluding tert-OH is 1. The first-order valence-corrected chi connectivity index (χ1v) is 9.89. The van der Waals surface area contributed by atoms with Gasteiger partial charge < -0.3 is 20.1 Å². The monoisotopic (exact) mass is 400 g/mol. The van der Waals surface area contributed by atoms with E-state index in [2.05, 4.69) is 45.7 Å². The Kier molecular flexibility index (Phi) is 6.48. The van der Waals surface area contributed by atoms with Crippen LogP contribution in [0.25, 0.3) is 11.0 Å². The molecule has 0 aliphatic carbocycles. The van der Waals surface area contributed by atoms with E-state index in [0.717, 1.165) is 24.0 Å². The van der Waals surface area contributed by atoms with Crippen molar-refractivity contribution < 1.29 is 15.0 Å². The molecule has 0 aromatic carbocycles. The highest BCUT2D eigenvalue weighted by Gasteiger charge is 2.20. The van der Waals surface area contributed by atoms with Gasteiger partial charge in [-0.3, -0.25) is 4.68 Å². The normalized spacial score (nSPS) is 13.7. The zero-order valence-corrected chi connectivity index (χ0v) is 17.0. The number of nitrogens with one attached hydrogen (secondary N) is 1. The van der Waals surface area contributed by atoms with Gasteiger partial charge in [0.1, 0.15) is 5.65 Å². The number of rotatable bonds is 10. The summed E-state index contributed by atoms with van der Waals surface area (Å²) < 4.78 is 3.47. The number of aliphatic hydroxyl groups is 1. The molecular formula is C20H28N6O3. The molecule has 0 saturated carbocycles. The summed E-state index contributed by atoms with van der Waals surface area (Å²) in [6.45, 7) is 7.34. The first kappa shape index (κ1) is 20.8. The van der Waals surface area contributed by atoms with Gasteiger partial charge in [-0.25, -0.2) is 9.78 Å². The Bertz CT molecular complexity index is 964. The third kappa shape index (κ3) is 4.73. The molecule has 3 rings (SSSR count). The van der Waals surface area contributed by atoms with Crippen LogP contribution in [0.1, 0.15) is 39.7 Å². The van der Waals surface area contributed by atoms with E-state index < -0.39 is 12.0 Å². The molecule has 0 aliphatic rings. The highest BCUT2D eigenvalue weighted by atomic mass is 16.4. The third-order valence-corrected chi connectivity index (χ3v) is 5.26. The van der Waals surface area contributed by atoms with Crippen molar-refractivity contribution in [2.24, 2.45) is 11.8 Å². The highest BCUT2D eigenvalue weighted by molar-refractivity contribution is 5.76. The quantitative estimate of drug-likeness (QED) is 0.478. The van der Waals surface area contributed by atoms with E-state index in [0.29, 0.717) is 23.5 Å². The van der Waals surface area contributed by atoms with E-state index in [9.17, 15) is 9.90 Å². The zero-order valence-electron chi connectivity index (χ0n) is 17.0. The van der Waals surface area contributed by atoms with Crippen LogP contribution in [-0.4, -0.2) is 47.1 Å². The summed E-state index contributed by atoms with van der Waals surface area (Å²) in [6.07, 6.45) is 8.09. The first-order chi connectivity index (χ1) is 13.9. The van der Waals surface area contributed by atoms with Crippen LogP contribution in [0.15, 0.2) is 30.9 Å². The van der Waals surface area contributed by atoms with Crippen LogP contribution < -0.4 is 5.32 Å². The molecule has 0 aliphatic heterocycles. The smallest absolute Gasteiger partial charge is 0.328 e. The molecule has 0 bridgehead atoms. The van der Waals surface area contributed by atoms with Gasteiger partial charge in [-0.2, -0.15) is 10.1 Å². The minimum absolute atomic E-state index is 0.0842. The zero-order chi connectivity index (χ0) is 21.0. The van der Waals surface area contributed by atoms with Gasteiger partial charge in [0.25, 0.3) is 0 Å². The molecule has 3 heterocycles. The second-order valence-electron chi connectivity index (χ2n) is 7.55. The van der Waals surface area contributed by atoms with Gasteiger partial charge >= 0.3 is 5.97 Å². The minimum Gasteiger partial charge on any atom is -0.480 e. The summed E-state index contributed by atoms with van der Waals surface area (Å²) in [5.74, 6) is 0.530. The molecule has 0 amide bonds. The molecule has 0 spiro atoms. The third-order valence-electron chi connectivity index (χ3n) is 5.26. The molecule has 9 nitrogen and oxygen atoms in total. The average molecular weight is 400 g/mol. The van der Waals surface area contributed by atoms with Crippen LogP contribution in [-0.2, 0) is 11.3 Å². The fourth-order valence-corrected chi connectivity index (χ4v) is 3.44. The van der Waals surface area contributed by atoms with E-state index in [1.54, 1.807) is 12.4 Å². The standard InChI is InChI=1S/C20H28N6O3/c1-4-14(13(2)3)11-25-7-5-15-9-21-20(24-18(15)25)23-16-10-22-26(12-16)17(6-8-27)19(28)29/h5,7,9-10,12-14,17,27H,4,6,8,11H2,1-3H3,(H,28,29)(H,21,23,24)/t14-,17?/m1/s1. The lowest BCUT2D eigenvalue weighted by molar-refractivity contribution is -0.141. The van der Waals surface area contributed by atoms with Crippen molar-refractivity contribution >= 4 is 28.6 Å². The van der Waals surface area contributed by atoms with Gasteiger partial charge in [0.05, 0.1) is 11.9 Å². The summed E-state index contributed by atoms with van der Waals surface area (Å²) >= 11 is 0. The van der Waals surface area contributed by atoms with Crippen LogP contribution in [0.2, 0.25) is 0 Å². The highest BCUT2D eigenvalue weighted by Crippen LogP contribution is 2.23. The van der Waals surface area contributed by atoms with Gasteiger partial charge in [-0.1, -0.05) is 27.2 Å². The predicted octanol–water partition coefficient (Wildman–Crippen LogP) is 3.06. The van der Waals surface area contributed by atoms with E-state index in [-0.39, 0.29) is 13.0 Å². The van der Waals surface area contributed by atoms with E-state index in [1.165, 1.54) is 10.9 Å². The lowest BCUT2D eigenvalue weighted by Gasteiger charge is -2.20. The van der Waals surface area contributed by atoms with Crippen molar-refractivity contribution in [1.29, 1.82) is 0 Å². The molecule has 9 heteroatoms. The largest absolute Gasteiger partial charge is 0.480 e. The maximum absolute atomic E-state index is 11.4. The number of anilines is 2. The van der Waals surface area contributed by atoms with Crippen molar-refractivity contribution in [3.63, 3.8) is 0 Å². The minimum atomic E-state index is -1.04. The van der Waals surface area contributed by atoms with Crippen molar-refractivity contribution in [3.05, 3.63) is 30.9 Å². The second-order valence-corrected chi connectivity index (χ2v) is 7.55. The number of fused-ring (bicyclic) bond motifs is 1. The van der Waals surface area contributed by atoms with Gasteiger partial charge in [-0.15, -0.1) is 0 Å². The molecule has 3 aromatic rings. The number of aromatic nitrogens is 5. The van der Waals surface area contributed by atoms with Crippen molar-refractivity contribution in [3.8, 4) is 0 Å². The van der Waals surface area contributed by atoms with Crippen LogP contribution in [0.4, 0.5) is 11.6 Å². The Morgan fingerprint density at radius 2 is 2.10 bits per heavy atom. The second kappa shape index (κ2) is 9.04. The van der Waals surface area contributed by atoms with Gasteiger partial charge in [0.2, 0.25) is 5.95 Å². The van der Waals surface area contributed by atoms with E-state index in [1.807, 2.05) is 12.3 Å². The van der Waals surface area contributed by atoms with Crippen LogP contribution in [0.3, 0.4) is 0 Å². The average Bonchev–Trinajstić information content (AvgIpc) is 3.30.